The van der Waals surface area contributed by atoms with Crippen molar-refractivity contribution < 1.29 is 14.3 Å². The van der Waals surface area contributed by atoms with Crippen molar-refractivity contribution in [3.63, 3.8) is 0 Å². The van der Waals surface area contributed by atoms with E-state index in [1.165, 1.54) is 0 Å². The number of ether oxygens (including phenoxy) is 1. The fourth-order valence-electron chi connectivity index (χ4n) is 3.36. The number of carbonyl (C=O) groups is 2. The molecule has 0 aliphatic carbocycles. The SMILES string of the molecule is CCCCOc1ccc(C(=O)NC(=S)Nc2cccc(C(=O)N(CC)c3ccccc3)c2)cc1Br. The van der Waals surface area contributed by atoms with E-state index < -0.39 is 0 Å². The van der Waals surface area contributed by atoms with E-state index in [0.717, 1.165) is 18.5 Å². The van der Waals surface area contributed by atoms with Gasteiger partial charge in [-0.05, 0) is 90.0 Å². The number of unbranched alkanes of at least 4 members (excludes halogenated alkanes) is 1. The lowest BCUT2D eigenvalue weighted by Crippen LogP contribution is -2.34. The molecule has 0 unspecified atom stereocenters. The Morgan fingerprint density at radius 1 is 0.971 bits per heavy atom. The van der Waals surface area contributed by atoms with Gasteiger partial charge in [0.2, 0.25) is 0 Å². The van der Waals surface area contributed by atoms with Gasteiger partial charge in [-0.15, -0.1) is 0 Å². The minimum Gasteiger partial charge on any atom is -0.492 e. The Labute approximate surface area is 219 Å². The van der Waals surface area contributed by atoms with Gasteiger partial charge in [-0.1, -0.05) is 37.6 Å². The molecule has 0 saturated carbocycles. The van der Waals surface area contributed by atoms with Crippen molar-refractivity contribution in [1.29, 1.82) is 0 Å². The molecular formula is C27H28BrN3O3S. The lowest BCUT2D eigenvalue weighted by molar-refractivity contribution is 0.0973. The van der Waals surface area contributed by atoms with E-state index >= 15 is 0 Å². The summed E-state index contributed by atoms with van der Waals surface area (Å²) in [5.74, 6) is 0.217. The van der Waals surface area contributed by atoms with E-state index in [1.807, 2.05) is 37.3 Å². The molecule has 0 aliphatic heterocycles. The Kier molecular flexibility index (Phi) is 9.81. The molecule has 0 bridgehead atoms. The summed E-state index contributed by atoms with van der Waals surface area (Å²) >= 11 is 8.78. The number of carbonyl (C=O) groups excluding carboxylic acids is 2. The second-order valence-corrected chi connectivity index (χ2v) is 8.98. The van der Waals surface area contributed by atoms with Crippen LogP contribution >= 0.6 is 28.1 Å². The van der Waals surface area contributed by atoms with Crippen LogP contribution in [-0.4, -0.2) is 30.1 Å². The Balaban J connectivity index is 1.63. The molecule has 0 aromatic heterocycles. The first kappa shape index (κ1) is 26.4. The molecule has 2 amide bonds. The van der Waals surface area contributed by atoms with Crippen LogP contribution < -0.4 is 20.3 Å². The molecule has 3 aromatic rings. The summed E-state index contributed by atoms with van der Waals surface area (Å²) in [6.45, 7) is 5.19. The number of halogens is 1. The first-order valence-electron chi connectivity index (χ1n) is 11.4. The van der Waals surface area contributed by atoms with Crippen LogP contribution in [-0.2, 0) is 0 Å². The summed E-state index contributed by atoms with van der Waals surface area (Å²) in [7, 11) is 0. The summed E-state index contributed by atoms with van der Waals surface area (Å²) < 4.78 is 6.41. The van der Waals surface area contributed by atoms with Gasteiger partial charge in [-0.25, -0.2) is 0 Å². The van der Waals surface area contributed by atoms with Crippen LogP contribution in [0.2, 0.25) is 0 Å². The fourth-order valence-corrected chi connectivity index (χ4v) is 4.06. The number of anilines is 2. The fraction of sp³-hybridized carbons (Fsp3) is 0.222. The van der Waals surface area contributed by atoms with Crippen molar-refractivity contribution in [2.45, 2.75) is 26.7 Å². The summed E-state index contributed by atoms with van der Waals surface area (Å²) in [5.41, 5.74) is 2.38. The van der Waals surface area contributed by atoms with Crippen molar-refractivity contribution in [1.82, 2.24) is 5.32 Å². The second-order valence-electron chi connectivity index (χ2n) is 7.72. The van der Waals surface area contributed by atoms with Gasteiger partial charge < -0.3 is 15.0 Å². The molecule has 0 heterocycles. The summed E-state index contributed by atoms with van der Waals surface area (Å²) in [4.78, 5) is 27.5. The normalized spacial score (nSPS) is 10.4. The largest absolute Gasteiger partial charge is 0.492 e. The number of thiocarbonyl (C=S) groups is 1. The molecular weight excluding hydrogens is 526 g/mol. The molecule has 2 N–H and O–H groups in total. The standard InChI is InChI=1S/C27H28BrN3O3S/c1-3-5-16-34-24-15-14-19(18-23(24)28)25(32)30-27(35)29-21-11-9-10-20(17-21)26(33)31(4-2)22-12-7-6-8-13-22/h6-15,17-18H,3-5,16H2,1-2H3,(H2,29,30,32,35). The smallest absolute Gasteiger partial charge is 0.258 e. The lowest BCUT2D eigenvalue weighted by atomic mass is 10.1. The monoisotopic (exact) mass is 553 g/mol. The predicted molar refractivity (Wildman–Crippen MR) is 148 cm³/mol. The second kappa shape index (κ2) is 13.0. The van der Waals surface area contributed by atoms with Crippen molar-refractivity contribution >= 4 is 56.4 Å². The number of hydrogen-bond donors (Lipinski definition) is 2. The highest BCUT2D eigenvalue weighted by molar-refractivity contribution is 9.10. The third kappa shape index (κ3) is 7.37. The highest BCUT2D eigenvalue weighted by Gasteiger charge is 2.17. The molecule has 3 aromatic carbocycles. The van der Waals surface area contributed by atoms with Gasteiger partial charge in [-0.2, -0.15) is 0 Å². The number of nitrogens with one attached hydrogen (secondary N) is 2. The highest BCUT2D eigenvalue weighted by atomic mass is 79.9. The quantitative estimate of drug-likeness (QED) is 0.236. The van der Waals surface area contributed by atoms with Crippen LogP contribution in [0.25, 0.3) is 0 Å². The van der Waals surface area contributed by atoms with E-state index in [9.17, 15) is 9.59 Å². The van der Waals surface area contributed by atoms with Crippen LogP contribution in [0.4, 0.5) is 11.4 Å². The molecule has 0 fully saturated rings. The first-order valence-corrected chi connectivity index (χ1v) is 12.6. The summed E-state index contributed by atoms with van der Waals surface area (Å²) in [5, 5.41) is 5.80. The number of benzene rings is 3. The maximum atomic E-state index is 13.1. The summed E-state index contributed by atoms with van der Waals surface area (Å²) in [6.07, 6.45) is 2.01. The number of amides is 2. The number of hydrogen-bond acceptors (Lipinski definition) is 4. The molecule has 0 aliphatic rings. The first-order chi connectivity index (χ1) is 16.9. The van der Waals surface area contributed by atoms with Crippen LogP contribution in [0.5, 0.6) is 5.75 Å². The van der Waals surface area contributed by atoms with Crippen molar-refractivity contribution in [2.75, 3.05) is 23.4 Å². The molecule has 0 spiro atoms. The van der Waals surface area contributed by atoms with Gasteiger partial charge in [0, 0.05) is 29.0 Å². The van der Waals surface area contributed by atoms with E-state index in [-0.39, 0.29) is 16.9 Å². The van der Waals surface area contributed by atoms with Crippen LogP contribution in [0, 0.1) is 0 Å². The van der Waals surface area contributed by atoms with Gasteiger partial charge in [0.1, 0.15) is 5.75 Å². The molecule has 182 valence electrons. The van der Waals surface area contributed by atoms with E-state index in [1.54, 1.807) is 47.4 Å². The zero-order valence-electron chi connectivity index (χ0n) is 19.7. The molecule has 0 atom stereocenters. The third-order valence-corrected chi connectivity index (χ3v) is 6.00. The van der Waals surface area contributed by atoms with Gasteiger partial charge in [0.25, 0.3) is 11.8 Å². The molecule has 0 radical (unpaired) electrons. The zero-order chi connectivity index (χ0) is 25.2. The maximum absolute atomic E-state index is 13.1. The van der Waals surface area contributed by atoms with Gasteiger partial charge in [0.15, 0.2) is 5.11 Å². The molecule has 6 nitrogen and oxygen atoms in total. The minimum absolute atomic E-state index is 0.122. The van der Waals surface area contributed by atoms with Crippen LogP contribution in [0.1, 0.15) is 47.4 Å². The van der Waals surface area contributed by atoms with E-state index in [4.69, 9.17) is 17.0 Å². The number of para-hydroxylation sites is 1. The number of rotatable bonds is 9. The zero-order valence-corrected chi connectivity index (χ0v) is 22.1. The van der Waals surface area contributed by atoms with Crippen LogP contribution in [0.3, 0.4) is 0 Å². The van der Waals surface area contributed by atoms with E-state index in [0.29, 0.717) is 40.2 Å². The molecule has 8 heteroatoms. The Hall–Kier alpha value is -3.23. The average Bonchev–Trinajstić information content (AvgIpc) is 2.86. The van der Waals surface area contributed by atoms with Crippen molar-refractivity contribution in [2.24, 2.45) is 0 Å². The Morgan fingerprint density at radius 3 is 2.43 bits per heavy atom. The average molecular weight is 555 g/mol. The number of nitrogens with zero attached hydrogens (tertiary/aromatic N) is 1. The van der Waals surface area contributed by atoms with Gasteiger partial charge in [-0.3, -0.25) is 14.9 Å². The Morgan fingerprint density at radius 2 is 1.74 bits per heavy atom. The van der Waals surface area contributed by atoms with Gasteiger partial charge in [0.05, 0.1) is 11.1 Å². The molecule has 3 rings (SSSR count). The maximum Gasteiger partial charge on any atom is 0.258 e. The Bertz CT molecular complexity index is 1190. The van der Waals surface area contributed by atoms with E-state index in [2.05, 4.69) is 33.5 Å². The van der Waals surface area contributed by atoms with Gasteiger partial charge >= 0.3 is 0 Å². The minimum atomic E-state index is -0.350. The van der Waals surface area contributed by atoms with Crippen molar-refractivity contribution in [3.05, 3.63) is 88.4 Å². The topological polar surface area (TPSA) is 70.7 Å². The third-order valence-electron chi connectivity index (χ3n) is 5.17. The predicted octanol–water partition coefficient (Wildman–Crippen LogP) is 6.42. The lowest BCUT2D eigenvalue weighted by Gasteiger charge is -2.21. The highest BCUT2D eigenvalue weighted by Crippen LogP contribution is 2.26. The summed E-state index contributed by atoms with van der Waals surface area (Å²) in [6, 6.07) is 21.7. The molecule has 0 saturated heterocycles. The van der Waals surface area contributed by atoms with Crippen molar-refractivity contribution in [3.8, 4) is 5.75 Å². The molecule has 35 heavy (non-hydrogen) atoms. The van der Waals surface area contributed by atoms with Crippen LogP contribution in [0.15, 0.2) is 77.3 Å².